The first-order chi connectivity index (χ1) is 15.3. The van der Waals surface area contributed by atoms with Crippen molar-refractivity contribution in [1.29, 1.82) is 0 Å². The van der Waals surface area contributed by atoms with Gasteiger partial charge in [0.2, 0.25) is 0 Å². The van der Waals surface area contributed by atoms with E-state index in [0.717, 1.165) is 5.69 Å². The van der Waals surface area contributed by atoms with Gasteiger partial charge in [-0.25, -0.2) is 4.98 Å². The van der Waals surface area contributed by atoms with Crippen LogP contribution in [0.4, 0.5) is 11.5 Å². The number of fused-ring (bicyclic) bond motifs is 1. The number of aryl methyl sites for hydroxylation is 1. The first-order valence-electron chi connectivity index (χ1n) is 10.00. The molecule has 0 fully saturated rings. The average Bonchev–Trinajstić information content (AvgIpc) is 3.15. The number of halogens is 2. The molecule has 0 saturated heterocycles. The summed E-state index contributed by atoms with van der Waals surface area (Å²) < 4.78 is 1.67. The lowest BCUT2D eigenvalue weighted by atomic mass is 10.0. The second kappa shape index (κ2) is 8.80. The molecule has 2 amide bonds. The second-order valence-electron chi connectivity index (χ2n) is 7.71. The summed E-state index contributed by atoms with van der Waals surface area (Å²) in [5.41, 5.74) is 2.17. The molecule has 4 rings (SSSR count). The molecule has 166 valence electrons. The largest absolute Gasteiger partial charge is 0.362 e. The lowest BCUT2D eigenvalue weighted by Gasteiger charge is -2.32. The van der Waals surface area contributed by atoms with Crippen molar-refractivity contribution in [2.75, 3.05) is 30.4 Å². The Balaban J connectivity index is 1.60. The van der Waals surface area contributed by atoms with Crippen molar-refractivity contribution in [2.24, 2.45) is 7.05 Å². The van der Waals surface area contributed by atoms with Crippen LogP contribution < -0.4 is 15.1 Å². The van der Waals surface area contributed by atoms with Gasteiger partial charge in [0.05, 0.1) is 44.8 Å². The summed E-state index contributed by atoms with van der Waals surface area (Å²) in [5, 5.41) is 8.13. The van der Waals surface area contributed by atoms with Crippen LogP contribution in [0.15, 0.2) is 42.7 Å². The predicted molar refractivity (Wildman–Crippen MR) is 125 cm³/mol. The molecule has 0 aliphatic carbocycles. The molecule has 1 atom stereocenters. The zero-order chi connectivity index (χ0) is 23.0. The molecule has 3 aromatic rings. The SMILES string of the molecule is CN(C)c1ncc(C(=O)N2CCC(NC(=O)c3ccccc3Cl)c3c2cnn3C)cc1Cl. The molecular weight excluding hydrogens is 451 g/mol. The molecule has 10 heteroatoms. The van der Waals surface area contributed by atoms with Crippen LogP contribution in [0.1, 0.15) is 38.9 Å². The fourth-order valence-corrected chi connectivity index (χ4v) is 4.39. The average molecular weight is 473 g/mol. The molecule has 1 aliphatic rings. The topological polar surface area (TPSA) is 83.4 Å². The Kier molecular flexibility index (Phi) is 6.08. The Morgan fingerprint density at radius 3 is 2.59 bits per heavy atom. The van der Waals surface area contributed by atoms with Gasteiger partial charge in [-0.15, -0.1) is 0 Å². The third-order valence-corrected chi connectivity index (χ3v) is 6.00. The highest BCUT2D eigenvalue weighted by Gasteiger charge is 2.34. The van der Waals surface area contributed by atoms with Gasteiger partial charge in [-0.3, -0.25) is 14.3 Å². The van der Waals surface area contributed by atoms with Crippen LogP contribution in [0.3, 0.4) is 0 Å². The van der Waals surface area contributed by atoms with Crippen LogP contribution in [0.2, 0.25) is 10.0 Å². The van der Waals surface area contributed by atoms with E-state index < -0.39 is 0 Å². The van der Waals surface area contributed by atoms with Crippen molar-refractivity contribution in [2.45, 2.75) is 12.5 Å². The van der Waals surface area contributed by atoms with Gasteiger partial charge in [0.1, 0.15) is 5.82 Å². The molecule has 0 spiro atoms. The number of carbonyl (C=O) groups is 2. The Morgan fingerprint density at radius 1 is 1.16 bits per heavy atom. The van der Waals surface area contributed by atoms with Crippen LogP contribution >= 0.6 is 23.2 Å². The van der Waals surface area contributed by atoms with Crippen molar-refractivity contribution in [3.63, 3.8) is 0 Å². The summed E-state index contributed by atoms with van der Waals surface area (Å²) in [7, 11) is 5.45. The quantitative estimate of drug-likeness (QED) is 0.625. The van der Waals surface area contributed by atoms with Crippen molar-refractivity contribution in [3.05, 3.63) is 69.6 Å². The third-order valence-electron chi connectivity index (χ3n) is 5.39. The van der Waals surface area contributed by atoms with E-state index in [1.807, 2.05) is 14.1 Å². The Hall–Kier alpha value is -3.10. The zero-order valence-corrected chi connectivity index (χ0v) is 19.4. The molecule has 1 N–H and O–H groups in total. The van der Waals surface area contributed by atoms with Crippen molar-refractivity contribution in [1.82, 2.24) is 20.1 Å². The number of anilines is 2. The summed E-state index contributed by atoms with van der Waals surface area (Å²) in [6.45, 7) is 0.401. The van der Waals surface area contributed by atoms with E-state index in [9.17, 15) is 9.59 Å². The summed E-state index contributed by atoms with van der Waals surface area (Å²) in [4.78, 5) is 33.8. The molecule has 0 bridgehead atoms. The number of amides is 2. The van der Waals surface area contributed by atoms with E-state index >= 15 is 0 Å². The van der Waals surface area contributed by atoms with Gasteiger partial charge in [-0.2, -0.15) is 5.10 Å². The molecule has 1 aromatic carbocycles. The van der Waals surface area contributed by atoms with E-state index in [4.69, 9.17) is 23.2 Å². The fourth-order valence-electron chi connectivity index (χ4n) is 3.83. The van der Waals surface area contributed by atoms with E-state index in [1.54, 1.807) is 58.1 Å². The highest BCUT2D eigenvalue weighted by Crippen LogP contribution is 2.35. The molecule has 2 aromatic heterocycles. The standard InChI is InChI=1S/C22H22Cl2N6O2/c1-28(2)20-16(24)10-13(11-25-20)22(32)30-9-8-17(19-18(30)12-26-29(19)3)27-21(31)14-6-4-5-7-15(14)23/h4-7,10-12,17H,8-9H2,1-3H3,(H,27,31). The number of benzene rings is 1. The van der Waals surface area contributed by atoms with Crippen molar-refractivity contribution < 1.29 is 9.59 Å². The van der Waals surface area contributed by atoms with Crippen LogP contribution in [0, 0.1) is 0 Å². The number of carbonyl (C=O) groups excluding carboxylic acids is 2. The predicted octanol–water partition coefficient (Wildman–Crippen LogP) is 3.71. The van der Waals surface area contributed by atoms with E-state index in [2.05, 4.69) is 15.4 Å². The van der Waals surface area contributed by atoms with E-state index in [-0.39, 0.29) is 17.9 Å². The molecule has 0 radical (unpaired) electrons. The van der Waals surface area contributed by atoms with Gasteiger partial charge < -0.3 is 15.1 Å². The Bertz CT molecular complexity index is 1190. The molecule has 1 unspecified atom stereocenters. The van der Waals surface area contributed by atoms with Gasteiger partial charge >= 0.3 is 0 Å². The fraction of sp³-hybridized carbons (Fsp3) is 0.273. The summed E-state index contributed by atoms with van der Waals surface area (Å²) in [5.74, 6) is 0.0869. The maximum atomic E-state index is 13.3. The zero-order valence-electron chi connectivity index (χ0n) is 17.8. The highest BCUT2D eigenvalue weighted by atomic mass is 35.5. The number of pyridine rings is 1. The minimum absolute atomic E-state index is 0.227. The number of hydrogen-bond donors (Lipinski definition) is 1. The maximum absolute atomic E-state index is 13.3. The van der Waals surface area contributed by atoms with Crippen LogP contribution in [0.5, 0.6) is 0 Å². The monoisotopic (exact) mass is 472 g/mol. The van der Waals surface area contributed by atoms with Crippen molar-refractivity contribution >= 4 is 46.5 Å². The van der Waals surface area contributed by atoms with Gasteiger partial charge in [-0.1, -0.05) is 35.3 Å². The van der Waals surface area contributed by atoms with Gasteiger partial charge in [0.25, 0.3) is 11.8 Å². The first-order valence-corrected chi connectivity index (χ1v) is 10.8. The van der Waals surface area contributed by atoms with E-state index in [1.165, 1.54) is 6.20 Å². The normalized spacial score (nSPS) is 15.3. The number of hydrogen-bond acceptors (Lipinski definition) is 5. The Labute approximate surface area is 195 Å². The summed E-state index contributed by atoms with van der Waals surface area (Å²) in [6, 6.07) is 8.19. The lowest BCUT2D eigenvalue weighted by molar-refractivity contribution is 0.0931. The van der Waals surface area contributed by atoms with Gasteiger partial charge in [-0.05, 0) is 24.6 Å². The van der Waals surface area contributed by atoms with Crippen LogP contribution in [-0.4, -0.2) is 47.2 Å². The summed E-state index contributed by atoms with van der Waals surface area (Å²) in [6.07, 6.45) is 3.67. The van der Waals surface area contributed by atoms with Crippen LogP contribution in [-0.2, 0) is 7.05 Å². The lowest BCUT2D eigenvalue weighted by Crippen LogP contribution is -2.41. The van der Waals surface area contributed by atoms with Gasteiger partial charge in [0, 0.05) is 33.9 Å². The number of nitrogens with one attached hydrogen (secondary N) is 1. The smallest absolute Gasteiger partial charge is 0.259 e. The molecule has 3 heterocycles. The van der Waals surface area contributed by atoms with E-state index in [0.29, 0.717) is 45.6 Å². The summed E-state index contributed by atoms with van der Waals surface area (Å²) >= 11 is 12.5. The molecular formula is C22H22Cl2N6O2. The number of rotatable bonds is 4. The molecule has 0 saturated carbocycles. The minimum atomic E-state index is -0.317. The maximum Gasteiger partial charge on any atom is 0.259 e. The minimum Gasteiger partial charge on any atom is -0.362 e. The molecule has 8 nitrogen and oxygen atoms in total. The number of aromatic nitrogens is 3. The second-order valence-corrected chi connectivity index (χ2v) is 8.53. The first kappa shape index (κ1) is 22.1. The van der Waals surface area contributed by atoms with Gasteiger partial charge in [0.15, 0.2) is 0 Å². The third kappa shape index (κ3) is 4.03. The number of nitrogens with zero attached hydrogens (tertiary/aromatic N) is 5. The molecule has 32 heavy (non-hydrogen) atoms. The van der Waals surface area contributed by atoms with Crippen LogP contribution in [0.25, 0.3) is 0 Å². The molecule has 1 aliphatic heterocycles. The highest BCUT2D eigenvalue weighted by molar-refractivity contribution is 6.34. The Morgan fingerprint density at radius 2 is 1.91 bits per heavy atom. The van der Waals surface area contributed by atoms with Crippen molar-refractivity contribution in [3.8, 4) is 0 Å².